The van der Waals surface area contributed by atoms with Crippen molar-refractivity contribution in [2.24, 2.45) is 0 Å². The summed E-state index contributed by atoms with van der Waals surface area (Å²) in [4.78, 5) is 6.93. The second-order valence-corrected chi connectivity index (χ2v) is 5.80. The third kappa shape index (κ3) is 2.26. The molecule has 1 aromatic carbocycles. The van der Waals surface area contributed by atoms with Crippen molar-refractivity contribution in [1.82, 2.24) is 4.98 Å². The zero-order chi connectivity index (χ0) is 14.9. The van der Waals surface area contributed by atoms with Gasteiger partial charge in [-0.3, -0.25) is 0 Å². The van der Waals surface area contributed by atoms with Gasteiger partial charge in [0, 0.05) is 30.7 Å². The highest BCUT2D eigenvalue weighted by Crippen LogP contribution is 2.30. The molecule has 0 amide bonds. The number of morpholine rings is 1. The lowest BCUT2D eigenvalue weighted by Crippen LogP contribution is -2.37. The molecule has 0 unspecified atom stereocenters. The number of nitrogens with one attached hydrogen (secondary N) is 1. The van der Waals surface area contributed by atoms with E-state index in [1.807, 2.05) is 6.07 Å². The number of benzene rings is 1. The summed E-state index contributed by atoms with van der Waals surface area (Å²) in [6.07, 6.45) is 2.24. The Hall–Kier alpha value is -2.32. The van der Waals surface area contributed by atoms with Gasteiger partial charge >= 0.3 is 0 Å². The number of pyridine rings is 1. The van der Waals surface area contributed by atoms with Crippen molar-refractivity contribution >= 4 is 22.4 Å². The highest BCUT2D eigenvalue weighted by Gasteiger charge is 2.18. The fourth-order valence-corrected chi connectivity index (χ4v) is 3.23. The van der Waals surface area contributed by atoms with Crippen LogP contribution in [-0.4, -0.2) is 37.8 Å². The SMILES string of the molecule is N#Cc1cc2cc3c(cc2nc1N1CCOCC1)NCCC3. The Morgan fingerprint density at radius 1 is 1.23 bits per heavy atom. The van der Waals surface area contributed by atoms with E-state index in [1.54, 1.807) is 0 Å². The molecule has 5 nitrogen and oxygen atoms in total. The average Bonchev–Trinajstić information content (AvgIpc) is 2.59. The van der Waals surface area contributed by atoms with Gasteiger partial charge < -0.3 is 15.0 Å². The van der Waals surface area contributed by atoms with Crippen LogP contribution in [0.5, 0.6) is 0 Å². The third-order valence-electron chi connectivity index (χ3n) is 4.39. The molecule has 0 spiro atoms. The van der Waals surface area contributed by atoms with Crippen LogP contribution in [0, 0.1) is 11.3 Å². The van der Waals surface area contributed by atoms with Gasteiger partial charge in [0.1, 0.15) is 11.9 Å². The first kappa shape index (κ1) is 13.4. The standard InChI is InChI=1S/C17H18N4O/c18-11-14-9-13-8-12-2-1-3-19-15(12)10-16(13)20-17(14)21-4-6-22-7-5-21/h8-10,19H,1-7H2. The maximum atomic E-state index is 9.49. The first-order valence-electron chi connectivity index (χ1n) is 7.79. The molecule has 0 aliphatic carbocycles. The van der Waals surface area contributed by atoms with Gasteiger partial charge in [-0.05, 0) is 36.6 Å². The molecule has 3 heterocycles. The number of rotatable bonds is 1. The van der Waals surface area contributed by atoms with E-state index in [-0.39, 0.29) is 0 Å². The molecular formula is C17H18N4O. The highest BCUT2D eigenvalue weighted by atomic mass is 16.5. The Morgan fingerprint density at radius 2 is 2.09 bits per heavy atom. The van der Waals surface area contributed by atoms with Crippen LogP contribution in [0.2, 0.25) is 0 Å². The van der Waals surface area contributed by atoms with Crippen molar-refractivity contribution in [2.75, 3.05) is 43.1 Å². The summed E-state index contributed by atoms with van der Waals surface area (Å²) < 4.78 is 5.39. The number of nitrogens with zero attached hydrogens (tertiary/aromatic N) is 3. The normalized spacial score (nSPS) is 17.7. The smallest absolute Gasteiger partial charge is 0.147 e. The van der Waals surface area contributed by atoms with Gasteiger partial charge in [-0.1, -0.05) is 0 Å². The Kier molecular flexibility index (Phi) is 3.32. The van der Waals surface area contributed by atoms with Crippen molar-refractivity contribution in [3.8, 4) is 6.07 Å². The van der Waals surface area contributed by atoms with Crippen LogP contribution in [0.25, 0.3) is 10.9 Å². The third-order valence-corrected chi connectivity index (χ3v) is 4.39. The molecule has 1 saturated heterocycles. The van der Waals surface area contributed by atoms with Gasteiger partial charge in [-0.2, -0.15) is 5.26 Å². The number of hydrogen-bond acceptors (Lipinski definition) is 5. The highest BCUT2D eigenvalue weighted by molar-refractivity contribution is 5.87. The molecule has 5 heteroatoms. The molecule has 2 aliphatic heterocycles. The monoisotopic (exact) mass is 294 g/mol. The molecule has 0 atom stereocenters. The van der Waals surface area contributed by atoms with Gasteiger partial charge in [-0.15, -0.1) is 0 Å². The van der Waals surface area contributed by atoms with Crippen LogP contribution in [0.3, 0.4) is 0 Å². The van der Waals surface area contributed by atoms with Crippen molar-refractivity contribution < 1.29 is 4.74 Å². The summed E-state index contributed by atoms with van der Waals surface area (Å²) in [6, 6.07) is 8.57. The second kappa shape index (κ2) is 5.47. The summed E-state index contributed by atoms with van der Waals surface area (Å²) in [5.74, 6) is 0.786. The molecule has 22 heavy (non-hydrogen) atoms. The molecule has 0 radical (unpaired) electrons. The lowest BCUT2D eigenvalue weighted by molar-refractivity contribution is 0.122. The van der Waals surface area contributed by atoms with E-state index in [0.717, 1.165) is 49.2 Å². The lowest BCUT2D eigenvalue weighted by atomic mass is 10.00. The molecule has 0 saturated carbocycles. The van der Waals surface area contributed by atoms with E-state index >= 15 is 0 Å². The van der Waals surface area contributed by atoms with Gasteiger partial charge in [0.15, 0.2) is 0 Å². The molecular weight excluding hydrogens is 276 g/mol. The minimum absolute atomic E-state index is 0.651. The molecule has 2 aromatic rings. The number of ether oxygens (including phenoxy) is 1. The van der Waals surface area contributed by atoms with Gasteiger partial charge in [0.2, 0.25) is 0 Å². The molecule has 1 aromatic heterocycles. The Morgan fingerprint density at radius 3 is 2.91 bits per heavy atom. The van der Waals surface area contributed by atoms with E-state index in [0.29, 0.717) is 18.8 Å². The van der Waals surface area contributed by atoms with E-state index in [2.05, 4.69) is 28.4 Å². The van der Waals surface area contributed by atoms with Gasteiger partial charge in [0.05, 0.1) is 24.3 Å². The van der Waals surface area contributed by atoms with Crippen molar-refractivity contribution in [2.45, 2.75) is 12.8 Å². The fourth-order valence-electron chi connectivity index (χ4n) is 3.23. The van der Waals surface area contributed by atoms with Crippen LogP contribution >= 0.6 is 0 Å². The molecule has 1 fully saturated rings. The van der Waals surface area contributed by atoms with E-state index in [4.69, 9.17) is 9.72 Å². The number of nitriles is 1. The predicted molar refractivity (Wildman–Crippen MR) is 86.3 cm³/mol. The minimum Gasteiger partial charge on any atom is -0.385 e. The minimum atomic E-state index is 0.651. The summed E-state index contributed by atoms with van der Waals surface area (Å²) in [5, 5.41) is 14.0. The summed E-state index contributed by atoms with van der Waals surface area (Å²) in [7, 11) is 0. The zero-order valence-electron chi connectivity index (χ0n) is 12.4. The van der Waals surface area contributed by atoms with Gasteiger partial charge in [0.25, 0.3) is 0 Å². The van der Waals surface area contributed by atoms with Crippen LogP contribution in [0.4, 0.5) is 11.5 Å². The number of fused-ring (bicyclic) bond motifs is 2. The van der Waals surface area contributed by atoms with E-state index in [1.165, 1.54) is 11.3 Å². The topological polar surface area (TPSA) is 61.2 Å². The van der Waals surface area contributed by atoms with E-state index < -0.39 is 0 Å². The number of hydrogen-bond donors (Lipinski definition) is 1. The van der Waals surface area contributed by atoms with Gasteiger partial charge in [-0.25, -0.2) is 4.98 Å². The largest absolute Gasteiger partial charge is 0.385 e. The van der Waals surface area contributed by atoms with Crippen LogP contribution in [0.15, 0.2) is 18.2 Å². The second-order valence-electron chi connectivity index (χ2n) is 5.80. The molecule has 112 valence electrons. The van der Waals surface area contributed by atoms with Crippen molar-refractivity contribution in [3.05, 3.63) is 29.3 Å². The Bertz CT molecular complexity index is 759. The zero-order valence-corrected chi connectivity index (χ0v) is 12.4. The van der Waals surface area contributed by atoms with E-state index in [9.17, 15) is 5.26 Å². The van der Waals surface area contributed by atoms with Crippen LogP contribution < -0.4 is 10.2 Å². The lowest BCUT2D eigenvalue weighted by Gasteiger charge is -2.28. The predicted octanol–water partition coefficient (Wildman–Crippen LogP) is 2.30. The first-order valence-corrected chi connectivity index (χ1v) is 7.79. The Balaban J connectivity index is 1.84. The first-order chi connectivity index (χ1) is 10.8. The van der Waals surface area contributed by atoms with Crippen LogP contribution in [-0.2, 0) is 11.2 Å². The molecule has 2 aliphatic rings. The number of aromatic nitrogens is 1. The summed E-state index contributed by atoms with van der Waals surface area (Å²) >= 11 is 0. The maximum Gasteiger partial charge on any atom is 0.147 e. The summed E-state index contributed by atoms with van der Waals surface area (Å²) in [6.45, 7) is 3.98. The molecule has 1 N–H and O–H groups in total. The molecule has 4 rings (SSSR count). The average molecular weight is 294 g/mol. The number of aryl methyl sites for hydroxylation is 1. The van der Waals surface area contributed by atoms with Crippen molar-refractivity contribution in [3.63, 3.8) is 0 Å². The maximum absolute atomic E-state index is 9.49. The quantitative estimate of drug-likeness (QED) is 0.874. The molecule has 0 bridgehead atoms. The fraction of sp³-hybridized carbons (Fsp3) is 0.412. The van der Waals surface area contributed by atoms with Crippen LogP contribution in [0.1, 0.15) is 17.5 Å². The summed E-state index contributed by atoms with van der Waals surface area (Å²) in [5.41, 5.74) is 4.11. The Labute approximate surface area is 129 Å². The number of anilines is 2. The van der Waals surface area contributed by atoms with Crippen molar-refractivity contribution in [1.29, 1.82) is 5.26 Å².